The van der Waals surface area contributed by atoms with Gasteiger partial charge in [-0.05, 0) is 78.4 Å². The zero-order valence-corrected chi connectivity index (χ0v) is 15.9. The second-order valence-corrected chi connectivity index (χ2v) is 7.50. The molecule has 0 spiro atoms. The first kappa shape index (κ1) is 18.9. The molecule has 0 unspecified atom stereocenters. The van der Waals surface area contributed by atoms with Gasteiger partial charge >= 0.3 is 10.1 Å². The van der Waals surface area contributed by atoms with Crippen molar-refractivity contribution >= 4 is 33.6 Å². The first-order valence-electron chi connectivity index (χ1n) is 7.94. The van der Waals surface area contributed by atoms with Crippen LogP contribution in [0.1, 0.15) is 5.56 Å². The second kappa shape index (κ2) is 8.24. The highest BCUT2D eigenvalue weighted by Gasteiger charge is 2.16. The molecule has 0 aromatic heterocycles. The van der Waals surface area contributed by atoms with Gasteiger partial charge in [0.1, 0.15) is 16.4 Å². The van der Waals surface area contributed by atoms with E-state index in [4.69, 9.17) is 20.5 Å². The molecular formula is C20H16ClNO4S. The molecular weight excluding hydrogens is 386 g/mol. The third-order valence-corrected chi connectivity index (χ3v) is 5.14. The van der Waals surface area contributed by atoms with Crippen LogP contribution >= 0.6 is 11.6 Å². The summed E-state index contributed by atoms with van der Waals surface area (Å²) in [6, 6.07) is 19.7. The van der Waals surface area contributed by atoms with E-state index in [1.54, 1.807) is 37.6 Å². The Morgan fingerprint density at radius 3 is 2.04 bits per heavy atom. The quantitative estimate of drug-likeness (QED) is 0.436. The average molecular weight is 402 g/mol. The minimum absolute atomic E-state index is 0.0389. The number of rotatable bonds is 6. The van der Waals surface area contributed by atoms with Gasteiger partial charge < -0.3 is 8.92 Å². The van der Waals surface area contributed by atoms with E-state index in [9.17, 15) is 8.42 Å². The highest BCUT2D eigenvalue weighted by atomic mass is 35.5. The molecule has 27 heavy (non-hydrogen) atoms. The minimum atomic E-state index is -3.91. The summed E-state index contributed by atoms with van der Waals surface area (Å²) in [5.74, 6) is 0.976. The highest BCUT2D eigenvalue weighted by Crippen LogP contribution is 2.21. The van der Waals surface area contributed by atoms with Crippen LogP contribution in [0.5, 0.6) is 11.5 Å². The first-order valence-corrected chi connectivity index (χ1v) is 9.73. The van der Waals surface area contributed by atoms with Crippen molar-refractivity contribution in [3.63, 3.8) is 0 Å². The van der Waals surface area contributed by atoms with E-state index in [0.29, 0.717) is 5.02 Å². The maximum Gasteiger partial charge on any atom is 0.339 e. The molecule has 0 bridgehead atoms. The fourth-order valence-corrected chi connectivity index (χ4v) is 3.26. The van der Waals surface area contributed by atoms with Crippen molar-refractivity contribution in [3.05, 3.63) is 83.4 Å². The molecule has 0 fully saturated rings. The number of ether oxygens (including phenoxy) is 1. The Morgan fingerprint density at radius 2 is 1.44 bits per heavy atom. The van der Waals surface area contributed by atoms with Crippen molar-refractivity contribution in [2.45, 2.75) is 4.90 Å². The van der Waals surface area contributed by atoms with E-state index >= 15 is 0 Å². The van der Waals surface area contributed by atoms with Crippen LogP contribution in [0.25, 0.3) is 0 Å². The van der Waals surface area contributed by atoms with E-state index in [1.807, 2.05) is 24.3 Å². The highest BCUT2D eigenvalue weighted by molar-refractivity contribution is 7.87. The summed E-state index contributed by atoms with van der Waals surface area (Å²) >= 11 is 5.77. The SMILES string of the molecule is COc1ccc(N=Cc2ccc(OS(=O)(=O)c3ccc(Cl)cc3)cc2)cc1. The van der Waals surface area contributed by atoms with E-state index in [1.165, 1.54) is 24.3 Å². The molecule has 5 nitrogen and oxygen atoms in total. The summed E-state index contributed by atoms with van der Waals surface area (Å²) < 4.78 is 34.8. The molecule has 0 radical (unpaired) electrons. The van der Waals surface area contributed by atoms with Crippen LogP contribution in [-0.4, -0.2) is 21.7 Å². The zero-order chi connectivity index (χ0) is 19.3. The molecule has 0 aliphatic heterocycles. The molecule has 0 saturated carbocycles. The van der Waals surface area contributed by atoms with Gasteiger partial charge in [-0.3, -0.25) is 4.99 Å². The Balaban J connectivity index is 1.69. The molecule has 0 aliphatic rings. The number of hydrogen-bond donors (Lipinski definition) is 0. The van der Waals surface area contributed by atoms with Gasteiger partial charge in [-0.2, -0.15) is 8.42 Å². The van der Waals surface area contributed by atoms with Gasteiger partial charge in [0.25, 0.3) is 0 Å². The molecule has 138 valence electrons. The topological polar surface area (TPSA) is 65.0 Å². The summed E-state index contributed by atoms with van der Waals surface area (Å²) in [6.07, 6.45) is 1.68. The molecule has 0 N–H and O–H groups in total. The van der Waals surface area contributed by atoms with Crippen molar-refractivity contribution in [1.82, 2.24) is 0 Å². The van der Waals surface area contributed by atoms with Crippen molar-refractivity contribution in [2.24, 2.45) is 4.99 Å². The normalized spacial score (nSPS) is 11.5. The number of methoxy groups -OCH3 is 1. The number of hydrogen-bond acceptors (Lipinski definition) is 5. The van der Waals surface area contributed by atoms with Crippen LogP contribution in [-0.2, 0) is 10.1 Å². The van der Waals surface area contributed by atoms with E-state index in [2.05, 4.69) is 4.99 Å². The van der Waals surface area contributed by atoms with Gasteiger partial charge in [-0.15, -0.1) is 0 Å². The smallest absolute Gasteiger partial charge is 0.339 e. The molecule has 0 amide bonds. The summed E-state index contributed by atoms with van der Waals surface area (Å²) in [5, 5.41) is 0.453. The Bertz CT molecular complexity index is 1030. The number of benzene rings is 3. The van der Waals surface area contributed by atoms with Gasteiger partial charge in [-0.25, -0.2) is 0 Å². The van der Waals surface area contributed by atoms with Crippen LogP contribution in [0.15, 0.2) is 82.7 Å². The fraction of sp³-hybridized carbons (Fsp3) is 0.0500. The van der Waals surface area contributed by atoms with Gasteiger partial charge in [0, 0.05) is 11.2 Å². The molecule has 3 aromatic rings. The molecule has 0 aliphatic carbocycles. The Hall–Kier alpha value is -2.83. The molecule has 0 saturated heterocycles. The summed E-state index contributed by atoms with van der Waals surface area (Å²) in [6.45, 7) is 0. The molecule has 0 heterocycles. The lowest BCUT2D eigenvalue weighted by Crippen LogP contribution is -2.09. The van der Waals surface area contributed by atoms with Gasteiger partial charge in [0.2, 0.25) is 0 Å². The Kier molecular flexibility index (Phi) is 5.78. The molecule has 7 heteroatoms. The zero-order valence-electron chi connectivity index (χ0n) is 14.4. The minimum Gasteiger partial charge on any atom is -0.497 e. The van der Waals surface area contributed by atoms with Crippen molar-refractivity contribution < 1.29 is 17.3 Å². The molecule has 3 rings (SSSR count). The number of aliphatic imine (C=N–C) groups is 1. The maximum absolute atomic E-state index is 12.3. The Morgan fingerprint density at radius 1 is 0.852 bits per heavy atom. The van der Waals surface area contributed by atoms with E-state index < -0.39 is 10.1 Å². The van der Waals surface area contributed by atoms with Gasteiger partial charge in [0.15, 0.2) is 0 Å². The van der Waals surface area contributed by atoms with Crippen LogP contribution < -0.4 is 8.92 Å². The third kappa shape index (κ3) is 5.09. The molecule has 0 atom stereocenters. The fourth-order valence-electron chi connectivity index (χ4n) is 2.20. The summed E-state index contributed by atoms with van der Waals surface area (Å²) in [7, 11) is -2.30. The van der Waals surface area contributed by atoms with Crippen LogP contribution in [0.3, 0.4) is 0 Å². The predicted molar refractivity (Wildman–Crippen MR) is 106 cm³/mol. The lowest BCUT2D eigenvalue weighted by molar-refractivity contribution is 0.415. The number of halogens is 1. The lowest BCUT2D eigenvalue weighted by Gasteiger charge is -2.07. The van der Waals surface area contributed by atoms with Crippen molar-refractivity contribution in [3.8, 4) is 11.5 Å². The van der Waals surface area contributed by atoms with Crippen LogP contribution in [0.4, 0.5) is 5.69 Å². The first-order chi connectivity index (χ1) is 13.0. The lowest BCUT2D eigenvalue weighted by atomic mass is 10.2. The van der Waals surface area contributed by atoms with Gasteiger partial charge in [0.05, 0.1) is 12.8 Å². The maximum atomic E-state index is 12.3. The predicted octanol–water partition coefficient (Wildman–Crippen LogP) is 4.87. The van der Waals surface area contributed by atoms with Crippen LogP contribution in [0, 0.1) is 0 Å². The number of nitrogens with zero attached hydrogens (tertiary/aromatic N) is 1. The third-order valence-electron chi connectivity index (χ3n) is 3.62. The Labute approximate surface area is 163 Å². The largest absolute Gasteiger partial charge is 0.497 e. The standard InChI is InChI=1S/C20H16ClNO4S/c1-25-18-10-6-17(7-11-18)22-14-15-2-8-19(9-3-15)26-27(23,24)20-12-4-16(21)5-13-20/h2-14H,1H3. The summed E-state index contributed by atoms with van der Waals surface area (Å²) in [4.78, 5) is 4.40. The van der Waals surface area contributed by atoms with E-state index in [-0.39, 0.29) is 10.6 Å². The van der Waals surface area contributed by atoms with Crippen molar-refractivity contribution in [2.75, 3.05) is 7.11 Å². The molecule has 3 aromatic carbocycles. The second-order valence-electron chi connectivity index (χ2n) is 5.52. The van der Waals surface area contributed by atoms with Crippen LogP contribution in [0.2, 0.25) is 5.02 Å². The van der Waals surface area contributed by atoms with E-state index in [0.717, 1.165) is 17.0 Å². The van der Waals surface area contributed by atoms with Gasteiger partial charge in [-0.1, -0.05) is 11.6 Å². The summed E-state index contributed by atoms with van der Waals surface area (Å²) in [5.41, 5.74) is 1.59. The monoisotopic (exact) mass is 401 g/mol. The van der Waals surface area contributed by atoms with Crippen molar-refractivity contribution in [1.29, 1.82) is 0 Å². The average Bonchev–Trinajstić information content (AvgIpc) is 2.68.